The molecule has 2 nitrogen and oxygen atoms in total. The van der Waals surface area contributed by atoms with E-state index in [-0.39, 0.29) is 0 Å². The van der Waals surface area contributed by atoms with Crippen molar-refractivity contribution in [1.29, 1.82) is 0 Å². The lowest BCUT2D eigenvalue weighted by Gasteiger charge is -2.09. The van der Waals surface area contributed by atoms with Crippen molar-refractivity contribution in [3.63, 3.8) is 0 Å². The number of aromatic nitrogens is 1. The lowest BCUT2D eigenvalue weighted by molar-refractivity contribution is 0.310. The van der Waals surface area contributed by atoms with E-state index >= 15 is 0 Å². The van der Waals surface area contributed by atoms with Gasteiger partial charge >= 0.3 is 0 Å². The van der Waals surface area contributed by atoms with Crippen molar-refractivity contribution < 1.29 is 4.74 Å². The van der Waals surface area contributed by atoms with E-state index in [2.05, 4.69) is 4.98 Å². The topological polar surface area (TPSA) is 22.1 Å². The summed E-state index contributed by atoms with van der Waals surface area (Å²) in [4.78, 5) is 4.43. The molecule has 0 bridgehead atoms. The van der Waals surface area contributed by atoms with Crippen LogP contribution in [0.3, 0.4) is 0 Å². The van der Waals surface area contributed by atoms with Gasteiger partial charge in [-0.05, 0) is 43.5 Å². The van der Waals surface area contributed by atoms with Crippen LogP contribution in [-0.2, 0) is 12.3 Å². The smallest absolute Gasteiger partial charge is 0.119 e. The van der Waals surface area contributed by atoms with E-state index in [0.29, 0.717) is 12.5 Å². The van der Waals surface area contributed by atoms with Crippen molar-refractivity contribution in [2.75, 3.05) is 6.61 Å². The van der Waals surface area contributed by atoms with Crippen LogP contribution in [0, 0.1) is 13.8 Å². The number of benzene rings is 1. The van der Waals surface area contributed by atoms with E-state index in [1.807, 2.05) is 31.4 Å². The number of alkyl halides is 1. The molecule has 0 atom stereocenters. The molecule has 0 unspecified atom stereocenters. The fraction of sp³-hybridized carbons (Fsp3) is 0.400. The average Bonchev–Trinajstić information content (AvgIpc) is 2.89. The van der Waals surface area contributed by atoms with Gasteiger partial charge in [0.25, 0.3) is 0 Å². The van der Waals surface area contributed by atoms with Gasteiger partial charge in [-0.3, -0.25) is 0 Å². The average molecular weight is 330 g/mol. The van der Waals surface area contributed by atoms with Crippen LogP contribution < -0.4 is 4.74 Å². The molecule has 1 aromatic carbocycles. The number of thiazole rings is 1. The zero-order valence-electron chi connectivity index (χ0n) is 11.6. The highest BCUT2D eigenvalue weighted by Crippen LogP contribution is 2.26. The van der Waals surface area contributed by atoms with Crippen molar-refractivity contribution >= 4 is 34.5 Å². The van der Waals surface area contributed by atoms with Crippen LogP contribution >= 0.6 is 34.5 Å². The predicted molar refractivity (Wildman–Crippen MR) is 86.4 cm³/mol. The number of ether oxygens (including phenoxy) is 1. The highest BCUT2D eigenvalue weighted by molar-refractivity contribution is 7.09. The van der Waals surface area contributed by atoms with Gasteiger partial charge in [0.2, 0.25) is 0 Å². The van der Waals surface area contributed by atoms with Crippen LogP contribution in [0.1, 0.15) is 28.2 Å². The summed E-state index contributed by atoms with van der Waals surface area (Å²) in [7, 11) is 0. The monoisotopic (exact) mass is 329 g/mol. The second-order valence-electron chi connectivity index (χ2n) is 4.69. The van der Waals surface area contributed by atoms with Crippen molar-refractivity contribution in [3.8, 4) is 5.75 Å². The van der Waals surface area contributed by atoms with Crippen LogP contribution in [0.25, 0.3) is 0 Å². The molecule has 0 amide bonds. The summed E-state index contributed by atoms with van der Waals surface area (Å²) in [6, 6.07) is 3.95. The molecule has 0 aliphatic heterocycles. The number of nitrogens with zero attached hydrogens (tertiary/aromatic N) is 1. The molecule has 108 valence electrons. The third kappa shape index (κ3) is 4.11. The lowest BCUT2D eigenvalue weighted by Crippen LogP contribution is -2.00. The fourth-order valence-electron chi connectivity index (χ4n) is 1.93. The molecule has 0 aliphatic carbocycles. The Kier molecular flexibility index (Phi) is 5.70. The van der Waals surface area contributed by atoms with Gasteiger partial charge < -0.3 is 4.74 Å². The predicted octanol–water partition coefficient (Wildman–Crippen LogP) is 5.16. The molecule has 2 aromatic rings. The molecule has 1 heterocycles. The van der Waals surface area contributed by atoms with Gasteiger partial charge in [-0.15, -0.1) is 22.9 Å². The molecule has 1 aromatic heterocycles. The Morgan fingerprint density at radius 1 is 1.25 bits per heavy atom. The number of hydrogen-bond acceptors (Lipinski definition) is 3. The number of rotatable bonds is 6. The zero-order chi connectivity index (χ0) is 14.5. The normalized spacial score (nSPS) is 10.8. The summed E-state index contributed by atoms with van der Waals surface area (Å²) in [5.41, 5.74) is 3.05. The molecule has 20 heavy (non-hydrogen) atoms. The van der Waals surface area contributed by atoms with Gasteiger partial charge in [0, 0.05) is 16.8 Å². The SMILES string of the molecule is Cc1cc(OCCCc2nc(CCl)cs2)cc(C)c1Cl. The maximum atomic E-state index is 6.13. The number of halogens is 2. The Labute approximate surface area is 133 Å². The van der Waals surface area contributed by atoms with E-state index < -0.39 is 0 Å². The highest BCUT2D eigenvalue weighted by Gasteiger charge is 2.04. The van der Waals surface area contributed by atoms with Gasteiger partial charge in [-0.2, -0.15) is 0 Å². The Hall–Kier alpha value is -0.770. The summed E-state index contributed by atoms with van der Waals surface area (Å²) < 4.78 is 5.77. The Morgan fingerprint density at radius 3 is 2.55 bits per heavy atom. The quantitative estimate of drug-likeness (QED) is 0.539. The van der Waals surface area contributed by atoms with Gasteiger partial charge in [0.1, 0.15) is 5.75 Å². The van der Waals surface area contributed by atoms with Crippen molar-refractivity contribution in [3.05, 3.63) is 44.4 Å². The Bertz CT molecular complexity index is 560. The standard InChI is InChI=1S/C15H17Cl2NOS/c1-10-6-13(7-11(2)15(10)17)19-5-3-4-14-18-12(8-16)9-20-14/h6-7,9H,3-5,8H2,1-2H3. The van der Waals surface area contributed by atoms with Crippen LogP contribution in [-0.4, -0.2) is 11.6 Å². The molecule has 0 spiro atoms. The maximum Gasteiger partial charge on any atom is 0.119 e. The molecule has 0 saturated heterocycles. The van der Waals surface area contributed by atoms with Gasteiger partial charge in [0.15, 0.2) is 0 Å². The molecule has 0 N–H and O–H groups in total. The molecule has 0 fully saturated rings. The van der Waals surface area contributed by atoms with Gasteiger partial charge in [-0.25, -0.2) is 4.98 Å². The maximum absolute atomic E-state index is 6.13. The van der Waals surface area contributed by atoms with Crippen LogP contribution in [0.5, 0.6) is 5.75 Å². The Balaban J connectivity index is 1.81. The van der Waals surface area contributed by atoms with Crippen LogP contribution in [0.15, 0.2) is 17.5 Å². The van der Waals surface area contributed by atoms with E-state index in [0.717, 1.165) is 45.4 Å². The first-order valence-electron chi connectivity index (χ1n) is 6.49. The van der Waals surface area contributed by atoms with Gasteiger partial charge in [-0.1, -0.05) is 11.6 Å². The molecule has 0 aliphatic rings. The third-order valence-corrected chi connectivity index (χ3v) is 4.78. The molecular weight excluding hydrogens is 313 g/mol. The first-order chi connectivity index (χ1) is 9.60. The first kappa shape index (κ1) is 15.6. The number of hydrogen-bond donors (Lipinski definition) is 0. The highest BCUT2D eigenvalue weighted by atomic mass is 35.5. The second-order valence-corrected chi connectivity index (χ2v) is 6.28. The summed E-state index contributed by atoms with van der Waals surface area (Å²) >= 11 is 13.5. The number of aryl methyl sites for hydroxylation is 3. The van der Waals surface area contributed by atoms with E-state index in [1.165, 1.54) is 0 Å². The van der Waals surface area contributed by atoms with E-state index in [1.54, 1.807) is 11.3 Å². The summed E-state index contributed by atoms with van der Waals surface area (Å²) in [5.74, 6) is 1.36. The largest absolute Gasteiger partial charge is 0.494 e. The zero-order valence-corrected chi connectivity index (χ0v) is 13.9. The summed E-state index contributed by atoms with van der Waals surface area (Å²) in [5, 5.41) is 3.94. The molecular formula is C15H17Cl2NOS. The molecule has 0 radical (unpaired) electrons. The fourth-order valence-corrected chi connectivity index (χ4v) is 3.11. The Morgan fingerprint density at radius 2 is 1.95 bits per heavy atom. The third-order valence-electron chi connectivity index (χ3n) is 2.95. The minimum absolute atomic E-state index is 0.482. The van der Waals surface area contributed by atoms with E-state index in [9.17, 15) is 0 Å². The first-order valence-corrected chi connectivity index (χ1v) is 8.28. The summed E-state index contributed by atoms with van der Waals surface area (Å²) in [6.45, 7) is 4.66. The van der Waals surface area contributed by atoms with E-state index in [4.69, 9.17) is 27.9 Å². The lowest BCUT2D eigenvalue weighted by atomic mass is 10.1. The van der Waals surface area contributed by atoms with Gasteiger partial charge in [0.05, 0.1) is 23.2 Å². The van der Waals surface area contributed by atoms with Crippen molar-refractivity contribution in [1.82, 2.24) is 4.98 Å². The minimum Gasteiger partial charge on any atom is -0.494 e. The molecule has 2 rings (SSSR count). The summed E-state index contributed by atoms with van der Waals surface area (Å²) in [6.07, 6.45) is 1.86. The van der Waals surface area contributed by atoms with Crippen molar-refractivity contribution in [2.24, 2.45) is 0 Å². The minimum atomic E-state index is 0.482. The molecule has 0 saturated carbocycles. The van der Waals surface area contributed by atoms with Crippen LogP contribution in [0.4, 0.5) is 0 Å². The van der Waals surface area contributed by atoms with Crippen molar-refractivity contribution in [2.45, 2.75) is 32.6 Å². The van der Waals surface area contributed by atoms with Crippen LogP contribution in [0.2, 0.25) is 5.02 Å². The molecule has 5 heteroatoms. The second kappa shape index (κ2) is 7.30.